The number of fused-ring (bicyclic) bond motifs is 1. The molecule has 1 aromatic carbocycles. The van der Waals surface area contributed by atoms with Crippen LogP contribution >= 0.6 is 23.2 Å². The maximum atomic E-state index is 10.8. The lowest BCUT2D eigenvalue weighted by molar-refractivity contribution is 0.0696. The largest absolute Gasteiger partial charge is 0.478 e. The minimum absolute atomic E-state index is 0.264. The number of benzene rings is 1. The van der Waals surface area contributed by atoms with Gasteiger partial charge in [0, 0.05) is 12.1 Å². The van der Waals surface area contributed by atoms with Crippen molar-refractivity contribution in [2.45, 2.75) is 10.9 Å². The lowest BCUT2D eigenvalue weighted by Gasteiger charge is -2.29. The molecule has 80 valence electrons. The van der Waals surface area contributed by atoms with Gasteiger partial charge in [0.05, 0.1) is 5.56 Å². The highest BCUT2D eigenvalue weighted by atomic mass is 35.5. The molecule has 1 aliphatic rings. The highest BCUT2D eigenvalue weighted by Crippen LogP contribution is 2.36. The van der Waals surface area contributed by atoms with Gasteiger partial charge in [-0.3, -0.25) is 5.32 Å². The van der Waals surface area contributed by atoms with E-state index in [1.165, 1.54) is 6.07 Å². The third kappa shape index (κ3) is 1.95. The van der Waals surface area contributed by atoms with E-state index in [4.69, 9.17) is 28.3 Å². The number of aromatic carboxylic acids is 1. The molecule has 5 heteroatoms. The standard InChI is InChI=1S/C10H9Cl2NO2/c11-10(12)8-2-1-7(9(14)15)5-6(8)3-4-13-10/h1-2,5,13H,3-4H2,(H,14,15). The lowest BCUT2D eigenvalue weighted by atomic mass is 9.98. The Morgan fingerprint density at radius 2 is 2.20 bits per heavy atom. The van der Waals surface area contributed by atoms with E-state index in [2.05, 4.69) is 5.32 Å². The Kier molecular flexibility index (Phi) is 2.63. The second-order valence-electron chi connectivity index (χ2n) is 3.43. The summed E-state index contributed by atoms with van der Waals surface area (Å²) in [5, 5.41) is 11.8. The summed E-state index contributed by atoms with van der Waals surface area (Å²) in [4.78, 5) is 10.8. The average molecular weight is 246 g/mol. The summed E-state index contributed by atoms with van der Waals surface area (Å²) >= 11 is 12.1. The van der Waals surface area contributed by atoms with E-state index in [1.54, 1.807) is 12.1 Å². The van der Waals surface area contributed by atoms with Gasteiger partial charge in [-0.05, 0) is 24.1 Å². The predicted octanol–water partition coefficient (Wildman–Crippen LogP) is 2.12. The number of hydrogen-bond acceptors (Lipinski definition) is 2. The smallest absolute Gasteiger partial charge is 0.335 e. The Balaban J connectivity index is 2.50. The zero-order chi connectivity index (χ0) is 11.1. The first-order valence-corrected chi connectivity index (χ1v) is 5.26. The molecule has 0 aromatic heterocycles. The molecule has 1 aliphatic heterocycles. The maximum Gasteiger partial charge on any atom is 0.335 e. The van der Waals surface area contributed by atoms with Crippen molar-refractivity contribution in [2.24, 2.45) is 0 Å². The first kappa shape index (κ1) is 10.7. The number of rotatable bonds is 1. The number of nitrogens with one attached hydrogen (secondary N) is 1. The third-order valence-corrected chi connectivity index (χ3v) is 3.11. The Labute approximate surface area is 97.0 Å². The molecule has 0 aliphatic carbocycles. The van der Waals surface area contributed by atoms with Crippen LogP contribution in [-0.4, -0.2) is 17.6 Å². The molecule has 15 heavy (non-hydrogen) atoms. The molecule has 0 saturated heterocycles. The van der Waals surface area contributed by atoms with Gasteiger partial charge in [-0.25, -0.2) is 4.79 Å². The molecule has 3 nitrogen and oxygen atoms in total. The van der Waals surface area contributed by atoms with Crippen molar-refractivity contribution in [1.82, 2.24) is 5.32 Å². The molecule has 0 saturated carbocycles. The van der Waals surface area contributed by atoms with Crippen LogP contribution in [0.2, 0.25) is 0 Å². The molecule has 0 bridgehead atoms. The first-order valence-electron chi connectivity index (χ1n) is 4.50. The Morgan fingerprint density at radius 1 is 1.47 bits per heavy atom. The van der Waals surface area contributed by atoms with Crippen LogP contribution in [0.25, 0.3) is 0 Å². The second kappa shape index (κ2) is 3.67. The summed E-state index contributed by atoms with van der Waals surface area (Å²) in [5.74, 6) is -0.939. The lowest BCUT2D eigenvalue weighted by Crippen LogP contribution is -2.38. The fraction of sp³-hybridized carbons (Fsp3) is 0.300. The maximum absolute atomic E-state index is 10.8. The molecule has 1 heterocycles. The van der Waals surface area contributed by atoms with Gasteiger partial charge in [-0.2, -0.15) is 0 Å². The zero-order valence-corrected chi connectivity index (χ0v) is 9.27. The van der Waals surface area contributed by atoms with Gasteiger partial charge in [0.15, 0.2) is 4.46 Å². The summed E-state index contributed by atoms with van der Waals surface area (Å²) in [6.07, 6.45) is 0.734. The molecule has 0 spiro atoms. The number of alkyl halides is 2. The topological polar surface area (TPSA) is 49.3 Å². The van der Waals surface area contributed by atoms with Gasteiger partial charge in [-0.1, -0.05) is 29.3 Å². The summed E-state index contributed by atoms with van der Waals surface area (Å²) < 4.78 is -1.11. The van der Waals surface area contributed by atoms with Crippen molar-refractivity contribution in [1.29, 1.82) is 0 Å². The number of hydrogen-bond donors (Lipinski definition) is 2. The monoisotopic (exact) mass is 245 g/mol. The Morgan fingerprint density at radius 3 is 2.87 bits per heavy atom. The Hall–Kier alpha value is -0.770. The summed E-state index contributed by atoms with van der Waals surface area (Å²) in [5.41, 5.74) is 1.89. The van der Waals surface area contributed by atoms with E-state index in [0.29, 0.717) is 6.54 Å². The van der Waals surface area contributed by atoms with Crippen LogP contribution in [0.15, 0.2) is 18.2 Å². The number of carboxylic acid groups (broad SMARTS) is 1. The van der Waals surface area contributed by atoms with Crippen LogP contribution in [0.5, 0.6) is 0 Å². The molecule has 2 rings (SSSR count). The third-order valence-electron chi connectivity index (χ3n) is 2.43. The molecule has 1 aromatic rings. The van der Waals surface area contributed by atoms with Gasteiger partial charge < -0.3 is 5.11 Å². The van der Waals surface area contributed by atoms with E-state index >= 15 is 0 Å². The summed E-state index contributed by atoms with van der Waals surface area (Å²) in [7, 11) is 0. The van der Waals surface area contributed by atoms with Gasteiger partial charge in [0.2, 0.25) is 0 Å². The van der Waals surface area contributed by atoms with E-state index in [-0.39, 0.29) is 5.56 Å². The van der Waals surface area contributed by atoms with E-state index in [9.17, 15) is 4.79 Å². The van der Waals surface area contributed by atoms with Crippen molar-refractivity contribution < 1.29 is 9.90 Å². The van der Waals surface area contributed by atoms with Crippen molar-refractivity contribution in [3.05, 3.63) is 34.9 Å². The van der Waals surface area contributed by atoms with Crippen LogP contribution in [0.4, 0.5) is 0 Å². The molecule has 0 radical (unpaired) electrons. The molecule has 0 atom stereocenters. The summed E-state index contributed by atoms with van der Waals surface area (Å²) in [6.45, 7) is 0.642. The van der Waals surface area contributed by atoms with Crippen LogP contribution in [-0.2, 0) is 10.9 Å². The van der Waals surface area contributed by atoms with Gasteiger partial charge in [-0.15, -0.1) is 0 Å². The van der Waals surface area contributed by atoms with Gasteiger partial charge in [0.25, 0.3) is 0 Å². The number of halogens is 2. The van der Waals surface area contributed by atoms with E-state index < -0.39 is 10.4 Å². The minimum atomic E-state index is -1.11. The highest BCUT2D eigenvalue weighted by molar-refractivity contribution is 6.47. The fourth-order valence-electron chi connectivity index (χ4n) is 1.69. The molecule has 2 N–H and O–H groups in total. The van der Waals surface area contributed by atoms with Crippen molar-refractivity contribution >= 4 is 29.2 Å². The Bertz CT molecular complexity index is 418. The molecular formula is C10H9Cl2NO2. The zero-order valence-electron chi connectivity index (χ0n) is 7.76. The van der Waals surface area contributed by atoms with E-state index in [0.717, 1.165) is 17.5 Å². The molecular weight excluding hydrogens is 237 g/mol. The molecule has 0 unspecified atom stereocenters. The number of carboxylic acids is 1. The van der Waals surface area contributed by atoms with E-state index in [1.807, 2.05) is 0 Å². The predicted molar refractivity (Wildman–Crippen MR) is 58.5 cm³/mol. The summed E-state index contributed by atoms with van der Waals surface area (Å²) in [6, 6.07) is 4.79. The SMILES string of the molecule is O=C(O)c1ccc2c(c1)CCNC2(Cl)Cl. The molecule has 0 amide bonds. The molecule has 0 fully saturated rings. The van der Waals surface area contributed by atoms with Gasteiger partial charge in [0.1, 0.15) is 0 Å². The number of carbonyl (C=O) groups is 1. The average Bonchev–Trinajstić information content (AvgIpc) is 2.16. The van der Waals surface area contributed by atoms with Crippen molar-refractivity contribution in [3.8, 4) is 0 Å². The van der Waals surface area contributed by atoms with Crippen LogP contribution in [0.1, 0.15) is 21.5 Å². The quantitative estimate of drug-likeness (QED) is 0.589. The van der Waals surface area contributed by atoms with Crippen LogP contribution in [0.3, 0.4) is 0 Å². The first-order chi connectivity index (χ1) is 7.00. The van der Waals surface area contributed by atoms with Gasteiger partial charge >= 0.3 is 5.97 Å². The minimum Gasteiger partial charge on any atom is -0.478 e. The van der Waals surface area contributed by atoms with Crippen molar-refractivity contribution in [3.63, 3.8) is 0 Å². The van der Waals surface area contributed by atoms with Crippen LogP contribution in [0, 0.1) is 0 Å². The second-order valence-corrected chi connectivity index (χ2v) is 4.76. The normalized spacial score (nSPS) is 18.3. The fourth-order valence-corrected chi connectivity index (χ4v) is 2.25. The van der Waals surface area contributed by atoms with Crippen LogP contribution < -0.4 is 5.32 Å². The highest BCUT2D eigenvalue weighted by Gasteiger charge is 2.31. The van der Waals surface area contributed by atoms with Crippen molar-refractivity contribution in [2.75, 3.05) is 6.54 Å².